The number of hydrogen-bond acceptors (Lipinski definition) is 15. The van der Waals surface area contributed by atoms with Gasteiger partial charge in [0.25, 0.3) is 0 Å². The summed E-state index contributed by atoms with van der Waals surface area (Å²) in [4.78, 5) is 72.5. The molecule has 89 heavy (non-hydrogen) atoms. The molecule has 0 heterocycles. The molecule has 0 aromatic heterocycles. The Kier molecular flexibility index (Phi) is 60.0. The van der Waals surface area contributed by atoms with Gasteiger partial charge in [-0.05, 0) is 63.2 Å². The number of aliphatic hydroxyl groups is 1. The number of allylic oxidation sites excluding steroid dienone is 4. The predicted octanol–water partition coefficient (Wildman–Crippen LogP) is 19.5. The van der Waals surface area contributed by atoms with E-state index < -0.39 is 97.5 Å². The quantitative estimate of drug-likeness (QED) is 0.0169. The lowest BCUT2D eigenvalue weighted by Gasteiger charge is -2.21. The SMILES string of the molecule is CCCCCC/C=C\C=C/CCCCCCCC(=O)O[C@H](COC(=O)CCCCCCCCCCCCCCCC)COP(=O)(O)OC[C@@H](O)COP(=O)(O)OC[C@@H](COC(=O)CCCCCCCCC(C)CC)OC(=O)CCCCCCCCC(C)CC. The third-order valence-corrected chi connectivity index (χ3v) is 18.2. The van der Waals surface area contributed by atoms with Gasteiger partial charge in [0.2, 0.25) is 0 Å². The Balaban J connectivity index is 5.29. The monoisotopic (exact) mass is 1310 g/mol. The van der Waals surface area contributed by atoms with Crippen LogP contribution in [0.4, 0.5) is 0 Å². The van der Waals surface area contributed by atoms with Gasteiger partial charge in [0.1, 0.15) is 19.3 Å². The maximum Gasteiger partial charge on any atom is 0.472 e. The van der Waals surface area contributed by atoms with Crippen molar-refractivity contribution in [2.45, 2.75) is 349 Å². The van der Waals surface area contributed by atoms with Gasteiger partial charge in [-0.25, -0.2) is 9.13 Å². The fourth-order valence-electron chi connectivity index (χ4n) is 9.99. The molecule has 0 aromatic rings. The van der Waals surface area contributed by atoms with Crippen LogP contribution >= 0.6 is 15.6 Å². The third-order valence-electron chi connectivity index (χ3n) is 16.3. The van der Waals surface area contributed by atoms with Crippen LogP contribution in [-0.4, -0.2) is 96.7 Å². The summed E-state index contributed by atoms with van der Waals surface area (Å²) in [6.07, 6.45) is 49.4. The molecule has 0 bridgehead atoms. The fourth-order valence-corrected chi connectivity index (χ4v) is 11.6. The van der Waals surface area contributed by atoms with Crippen LogP contribution in [0.2, 0.25) is 0 Å². The molecular weight excluding hydrogens is 1170 g/mol. The lowest BCUT2D eigenvalue weighted by atomic mass is 10.00. The number of rotatable bonds is 67. The van der Waals surface area contributed by atoms with Gasteiger partial charge in [-0.1, -0.05) is 278 Å². The van der Waals surface area contributed by atoms with Crippen LogP contribution in [0.5, 0.6) is 0 Å². The summed E-state index contributed by atoms with van der Waals surface area (Å²) in [5, 5.41) is 10.6. The second kappa shape index (κ2) is 61.7. The van der Waals surface area contributed by atoms with Gasteiger partial charge in [-0.2, -0.15) is 0 Å². The van der Waals surface area contributed by atoms with E-state index in [1.807, 2.05) is 0 Å². The second-order valence-corrected chi connectivity index (χ2v) is 28.0. The molecule has 0 saturated heterocycles. The molecule has 19 heteroatoms. The summed E-state index contributed by atoms with van der Waals surface area (Å²) in [6.45, 7) is 9.39. The highest BCUT2D eigenvalue weighted by Gasteiger charge is 2.30. The van der Waals surface area contributed by atoms with Crippen molar-refractivity contribution in [3.63, 3.8) is 0 Å². The number of esters is 4. The standard InChI is InChI=1S/C70H132O17P2/c1-7-11-13-15-17-19-21-23-25-27-29-31-33-42-48-54-69(74)86-65(58-80-67(72)52-46-40-32-30-28-26-24-22-20-18-16-14-12-8-2)60-84-88(76,77)82-56-64(71)57-83-89(78,79)85-61-66(87-70(75)55-49-43-37-35-39-45-51-63(6)10-4)59-81-68(73)53-47-41-36-34-38-44-50-62(5)9-3/h19,21,23,25,62-66,71H,7-18,20,22,24,26-61H2,1-6H3,(H,76,77)(H,78,79)/b21-19-,25-23-/t62?,63?,64-,65-,66-/m1/s1. The maximum atomic E-state index is 13.0. The molecule has 3 N–H and O–H groups in total. The highest BCUT2D eigenvalue weighted by Crippen LogP contribution is 2.45. The first-order valence-electron chi connectivity index (χ1n) is 35.9. The van der Waals surface area contributed by atoms with E-state index in [4.69, 9.17) is 37.0 Å². The topological polar surface area (TPSA) is 237 Å². The lowest BCUT2D eigenvalue weighted by molar-refractivity contribution is -0.161. The predicted molar refractivity (Wildman–Crippen MR) is 358 cm³/mol. The normalized spacial score (nSPS) is 14.9. The Morgan fingerprint density at radius 1 is 0.360 bits per heavy atom. The molecule has 0 amide bonds. The first-order valence-corrected chi connectivity index (χ1v) is 38.9. The molecule has 0 spiro atoms. The average molecular weight is 1310 g/mol. The zero-order chi connectivity index (χ0) is 65.7. The van der Waals surface area contributed by atoms with E-state index in [9.17, 15) is 43.2 Å². The van der Waals surface area contributed by atoms with Crippen molar-refractivity contribution < 1.29 is 80.2 Å². The van der Waals surface area contributed by atoms with E-state index in [1.54, 1.807) is 0 Å². The number of phosphoric ester groups is 2. The van der Waals surface area contributed by atoms with Crippen molar-refractivity contribution in [2.24, 2.45) is 11.8 Å². The summed E-state index contributed by atoms with van der Waals surface area (Å²) in [5.41, 5.74) is 0. The molecule has 0 fully saturated rings. The van der Waals surface area contributed by atoms with Crippen LogP contribution in [0, 0.1) is 11.8 Å². The molecule has 0 aromatic carbocycles. The van der Waals surface area contributed by atoms with E-state index in [0.29, 0.717) is 25.7 Å². The number of unbranched alkanes of at least 4 members (excludes halogenated alkanes) is 32. The van der Waals surface area contributed by atoms with Crippen molar-refractivity contribution in [1.29, 1.82) is 0 Å². The van der Waals surface area contributed by atoms with Crippen LogP contribution < -0.4 is 0 Å². The third kappa shape index (κ3) is 61.5. The van der Waals surface area contributed by atoms with Crippen molar-refractivity contribution in [3.8, 4) is 0 Å². The van der Waals surface area contributed by atoms with Crippen LogP contribution in [-0.2, 0) is 65.4 Å². The number of aliphatic hydroxyl groups excluding tert-OH is 1. The molecule has 524 valence electrons. The van der Waals surface area contributed by atoms with Gasteiger partial charge in [-0.3, -0.25) is 37.3 Å². The fraction of sp³-hybridized carbons (Fsp3) is 0.886. The van der Waals surface area contributed by atoms with Gasteiger partial charge < -0.3 is 33.8 Å². The van der Waals surface area contributed by atoms with E-state index in [0.717, 1.165) is 121 Å². The van der Waals surface area contributed by atoms with Crippen molar-refractivity contribution in [1.82, 2.24) is 0 Å². The van der Waals surface area contributed by atoms with Crippen LogP contribution in [0.25, 0.3) is 0 Å². The zero-order valence-corrected chi connectivity index (χ0v) is 59.0. The number of carbonyl (C=O) groups excluding carboxylic acids is 4. The molecule has 17 nitrogen and oxygen atoms in total. The van der Waals surface area contributed by atoms with Crippen LogP contribution in [0.1, 0.15) is 330 Å². The van der Waals surface area contributed by atoms with Crippen LogP contribution in [0.3, 0.4) is 0 Å². The first kappa shape index (κ1) is 86.5. The summed E-state index contributed by atoms with van der Waals surface area (Å²) >= 11 is 0. The van der Waals surface area contributed by atoms with Crippen molar-refractivity contribution in [2.75, 3.05) is 39.6 Å². The summed E-state index contributed by atoms with van der Waals surface area (Å²) in [6, 6.07) is 0. The Hall–Kier alpha value is -2.46. The smallest absolute Gasteiger partial charge is 0.462 e. The number of hydrogen-bond donors (Lipinski definition) is 3. The molecule has 0 saturated carbocycles. The molecule has 0 aliphatic carbocycles. The van der Waals surface area contributed by atoms with Gasteiger partial charge in [0, 0.05) is 25.7 Å². The maximum absolute atomic E-state index is 13.0. The Morgan fingerprint density at radius 3 is 0.955 bits per heavy atom. The lowest BCUT2D eigenvalue weighted by Crippen LogP contribution is -2.30. The molecule has 7 atom stereocenters. The Morgan fingerprint density at radius 2 is 0.629 bits per heavy atom. The minimum absolute atomic E-state index is 0.0850. The molecule has 0 aliphatic rings. The second-order valence-electron chi connectivity index (χ2n) is 25.1. The number of phosphoric acid groups is 2. The Labute approximate surface area is 542 Å². The van der Waals surface area contributed by atoms with Crippen LogP contribution in [0.15, 0.2) is 24.3 Å². The largest absolute Gasteiger partial charge is 0.472 e. The molecule has 4 unspecified atom stereocenters. The average Bonchev–Trinajstić information content (AvgIpc) is 3.66. The molecule has 0 aliphatic heterocycles. The zero-order valence-electron chi connectivity index (χ0n) is 57.2. The molecular formula is C70H132O17P2. The number of carbonyl (C=O) groups is 4. The minimum atomic E-state index is -4.96. The van der Waals surface area contributed by atoms with E-state index in [2.05, 4.69) is 65.8 Å². The van der Waals surface area contributed by atoms with E-state index in [-0.39, 0.29) is 25.7 Å². The first-order chi connectivity index (χ1) is 42.9. The molecule has 0 rings (SSSR count). The Bertz CT molecular complexity index is 1830. The van der Waals surface area contributed by atoms with E-state index >= 15 is 0 Å². The van der Waals surface area contributed by atoms with Gasteiger partial charge >= 0.3 is 39.5 Å². The highest BCUT2D eigenvalue weighted by atomic mass is 31.2. The minimum Gasteiger partial charge on any atom is -0.462 e. The van der Waals surface area contributed by atoms with E-state index in [1.165, 1.54) is 128 Å². The summed E-state index contributed by atoms with van der Waals surface area (Å²) in [5.74, 6) is -0.711. The van der Waals surface area contributed by atoms with Gasteiger partial charge in [0.05, 0.1) is 26.4 Å². The van der Waals surface area contributed by atoms with Crippen molar-refractivity contribution >= 4 is 39.5 Å². The number of ether oxygens (including phenoxy) is 4. The summed E-state index contributed by atoms with van der Waals surface area (Å²) < 4.78 is 68.2. The van der Waals surface area contributed by atoms with Gasteiger partial charge in [-0.15, -0.1) is 0 Å². The summed E-state index contributed by atoms with van der Waals surface area (Å²) in [7, 11) is -9.91. The highest BCUT2D eigenvalue weighted by molar-refractivity contribution is 7.47. The molecule has 0 radical (unpaired) electrons. The van der Waals surface area contributed by atoms with Crippen molar-refractivity contribution in [3.05, 3.63) is 24.3 Å². The van der Waals surface area contributed by atoms with Gasteiger partial charge in [0.15, 0.2) is 12.2 Å².